The Kier molecular flexibility index (Phi) is 2.66. The molecule has 0 atom stereocenters. The summed E-state index contributed by atoms with van der Waals surface area (Å²) in [4.78, 5) is 0. The number of rotatable bonds is 0. The molecule has 0 spiro atoms. The molecule has 0 nitrogen and oxygen atoms in total. The summed E-state index contributed by atoms with van der Waals surface area (Å²) in [6.07, 6.45) is -4.26. The van der Waals surface area contributed by atoms with E-state index in [2.05, 4.69) is 31.9 Å². The van der Waals surface area contributed by atoms with Gasteiger partial charge in [-0.2, -0.15) is 13.2 Å². The molecule has 62 valence electrons. The highest BCUT2D eigenvalue weighted by molar-refractivity contribution is 9.13. The van der Waals surface area contributed by atoms with Gasteiger partial charge in [-0.15, -0.1) is 11.3 Å². The summed E-state index contributed by atoms with van der Waals surface area (Å²) in [7, 11) is 0. The second-order valence-corrected chi connectivity index (χ2v) is 4.73. The van der Waals surface area contributed by atoms with Crippen LogP contribution in [-0.2, 0) is 6.18 Å². The van der Waals surface area contributed by atoms with E-state index < -0.39 is 11.7 Å². The van der Waals surface area contributed by atoms with E-state index in [4.69, 9.17) is 0 Å². The van der Waals surface area contributed by atoms with Crippen molar-refractivity contribution in [3.05, 3.63) is 19.2 Å². The molecule has 6 heteroatoms. The smallest absolute Gasteiger partial charge is 0.166 e. The fourth-order valence-electron chi connectivity index (χ4n) is 0.511. The lowest BCUT2D eigenvalue weighted by atomic mass is 10.3. The minimum atomic E-state index is -4.26. The Morgan fingerprint density at radius 3 is 2.00 bits per heavy atom. The van der Waals surface area contributed by atoms with Crippen LogP contribution in [0.5, 0.6) is 0 Å². The zero-order valence-electron chi connectivity index (χ0n) is 4.88. The molecule has 1 aromatic rings. The van der Waals surface area contributed by atoms with E-state index in [0.29, 0.717) is 3.79 Å². The van der Waals surface area contributed by atoms with Gasteiger partial charge in [-0.25, -0.2) is 0 Å². The highest BCUT2D eigenvalue weighted by Gasteiger charge is 2.34. The predicted molar refractivity (Wildman–Crippen MR) is 44.7 cm³/mol. The van der Waals surface area contributed by atoms with Gasteiger partial charge in [-0.3, -0.25) is 0 Å². The molecule has 0 N–H and O–H groups in total. The van der Waals surface area contributed by atoms with Crippen molar-refractivity contribution >= 4 is 43.2 Å². The lowest BCUT2D eigenvalue weighted by molar-refractivity contribution is -0.137. The first-order chi connectivity index (χ1) is 4.93. The molecular formula is C5HBr2F3S. The van der Waals surface area contributed by atoms with Crippen LogP contribution in [0.15, 0.2) is 13.6 Å². The minimum Gasteiger partial charge on any atom is -0.166 e. The third-order valence-corrected chi connectivity index (χ3v) is 4.33. The Balaban J connectivity index is 3.15. The van der Waals surface area contributed by atoms with Crippen molar-refractivity contribution in [1.82, 2.24) is 0 Å². The first-order valence-electron chi connectivity index (χ1n) is 2.42. The van der Waals surface area contributed by atoms with Crippen LogP contribution in [0.2, 0.25) is 0 Å². The van der Waals surface area contributed by atoms with E-state index >= 15 is 0 Å². The standard InChI is InChI=1S/C5HBr2F3S/c6-3-2(5(8,9)10)1-11-4(3)7/h1H. The van der Waals surface area contributed by atoms with Crippen molar-refractivity contribution in [2.24, 2.45) is 0 Å². The largest absolute Gasteiger partial charge is 0.418 e. The first kappa shape index (κ1) is 9.54. The van der Waals surface area contributed by atoms with E-state index in [9.17, 15) is 13.2 Å². The highest BCUT2D eigenvalue weighted by atomic mass is 79.9. The highest BCUT2D eigenvalue weighted by Crippen LogP contribution is 2.42. The Hall–Kier alpha value is 0.450. The number of hydrogen-bond donors (Lipinski definition) is 0. The van der Waals surface area contributed by atoms with Crippen LogP contribution in [0.4, 0.5) is 13.2 Å². The Morgan fingerprint density at radius 1 is 1.27 bits per heavy atom. The molecule has 0 aliphatic rings. The van der Waals surface area contributed by atoms with Gasteiger partial charge < -0.3 is 0 Å². The van der Waals surface area contributed by atoms with E-state index in [1.165, 1.54) is 0 Å². The van der Waals surface area contributed by atoms with Crippen LogP contribution in [0.25, 0.3) is 0 Å². The predicted octanol–water partition coefficient (Wildman–Crippen LogP) is 4.29. The summed E-state index contributed by atoms with van der Waals surface area (Å²) in [5.41, 5.74) is -0.630. The lowest BCUT2D eigenvalue weighted by Crippen LogP contribution is -2.03. The molecular weight excluding hydrogens is 309 g/mol. The van der Waals surface area contributed by atoms with Gasteiger partial charge in [0.25, 0.3) is 0 Å². The minimum absolute atomic E-state index is 0.0787. The molecule has 1 aromatic heterocycles. The molecule has 0 saturated carbocycles. The molecule has 0 amide bonds. The summed E-state index contributed by atoms with van der Waals surface area (Å²) in [6.45, 7) is 0. The maximum Gasteiger partial charge on any atom is 0.418 e. The van der Waals surface area contributed by atoms with Gasteiger partial charge in [0.2, 0.25) is 0 Å². The number of thiophene rings is 1. The summed E-state index contributed by atoms with van der Waals surface area (Å²) in [5, 5.41) is 1.06. The Bertz CT molecular complexity index is 265. The normalized spacial score (nSPS) is 12.1. The van der Waals surface area contributed by atoms with Gasteiger partial charge in [-0.05, 0) is 31.9 Å². The van der Waals surface area contributed by atoms with Crippen molar-refractivity contribution in [1.29, 1.82) is 0 Å². The third kappa shape index (κ3) is 1.97. The van der Waals surface area contributed by atoms with Crippen LogP contribution >= 0.6 is 43.2 Å². The second-order valence-electron chi connectivity index (χ2n) is 1.73. The zero-order chi connectivity index (χ0) is 8.65. The monoisotopic (exact) mass is 308 g/mol. The molecule has 0 unspecified atom stereocenters. The lowest BCUT2D eigenvalue weighted by Gasteiger charge is -2.02. The van der Waals surface area contributed by atoms with Crippen LogP contribution in [0, 0.1) is 0 Å². The fourth-order valence-corrected chi connectivity index (χ4v) is 2.46. The first-order valence-corrected chi connectivity index (χ1v) is 4.89. The summed E-state index contributed by atoms with van der Waals surface area (Å²) >= 11 is 6.82. The molecule has 0 aromatic carbocycles. The van der Waals surface area contributed by atoms with E-state index in [0.717, 1.165) is 16.7 Å². The average Bonchev–Trinajstić information content (AvgIpc) is 2.11. The van der Waals surface area contributed by atoms with Crippen LogP contribution in [0.1, 0.15) is 5.56 Å². The second kappa shape index (κ2) is 3.06. The van der Waals surface area contributed by atoms with E-state index in [-0.39, 0.29) is 4.47 Å². The van der Waals surface area contributed by atoms with Gasteiger partial charge in [0.05, 0.1) is 13.8 Å². The van der Waals surface area contributed by atoms with Gasteiger partial charge in [0.1, 0.15) is 0 Å². The van der Waals surface area contributed by atoms with Crippen LogP contribution in [0.3, 0.4) is 0 Å². The fraction of sp³-hybridized carbons (Fsp3) is 0.200. The molecule has 0 fully saturated rings. The maximum absolute atomic E-state index is 12.0. The average molecular weight is 310 g/mol. The van der Waals surface area contributed by atoms with Crippen molar-refractivity contribution < 1.29 is 13.2 Å². The third-order valence-electron chi connectivity index (χ3n) is 0.995. The van der Waals surface area contributed by atoms with Crippen molar-refractivity contribution in [3.63, 3.8) is 0 Å². The summed E-state index contributed by atoms with van der Waals surface area (Å²) < 4.78 is 36.6. The quantitative estimate of drug-likeness (QED) is 0.670. The Morgan fingerprint density at radius 2 is 1.82 bits per heavy atom. The number of halogens is 5. The maximum atomic E-state index is 12.0. The molecule has 1 heterocycles. The number of hydrogen-bond acceptors (Lipinski definition) is 1. The summed E-state index contributed by atoms with van der Waals surface area (Å²) in [5.74, 6) is 0. The molecule has 0 bridgehead atoms. The molecule has 0 aliphatic heterocycles. The SMILES string of the molecule is FC(F)(F)c1csc(Br)c1Br. The van der Waals surface area contributed by atoms with Gasteiger partial charge in [-0.1, -0.05) is 0 Å². The van der Waals surface area contributed by atoms with Crippen LogP contribution < -0.4 is 0 Å². The van der Waals surface area contributed by atoms with Gasteiger partial charge >= 0.3 is 6.18 Å². The van der Waals surface area contributed by atoms with Crippen LogP contribution in [-0.4, -0.2) is 0 Å². The molecule has 0 radical (unpaired) electrons. The molecule has 1 rings (SSSR count). The van der Waals surface area contributed by atoms with Crippen molar-refractivity contribution in [2.75, 3.05) is 0 Å². The summed E-state index contributed by atoms with van der Waals surface area (Å²) in [6, 6.07) is 0. The molecule has 0 saturated heterocycles. The van der Waals surface area contributed by atoms with Crippen molar-refractivity contribution in [3.8, 4) is 0 Å². The number of alkyl halides is 3. The zero-order valence-corrected chi connectivity index (χ0v) is 8.86. The van der Waals surface area contributed by atoms with Gasteiger partial charge in [0, 0.05) is 5.38 Å². The van der Waals surface area contributed by atoms with Crippen molar-refractivity contribution in [2.45, 2.75) is 6.18 Å². The Labute approximate surface area is 81.7 Å². The molecule has 11 heavy (non-hydrogen) atoms. The van der Waals surface area contributed by atoms with Gasteiger partial charge in [0.15, 0.2) is 0 Å². The van der Waals surface area contributed by atoms with E-state index in [1.807, 2.05) is 0 Å². The molecule has 0 aliphatic carbocycles. The topological polar surface area (TPSA) is 0 Å². The van der Waals surface area contributed by atoms with E-state index in [1.54, 1.807) is 0 Å².